The predicted octanol–water partition coefficient (Wildman–Crippen LogP) is 3.15. The Bertz CT molecular complexity index is 842. The minimum atomic E-state index is -0.162. The zero-order chi connectivity index (χ0) is 15.0. The summed E-state index contributed by atoms with van der Waals surface area (Å²) in [4.78, 5) is 20.0. The number of ketones is 1. The van der Waals surface area contributed by atoms with Gasteiger partial charge in [-0.05, 0) is 40.2 Å². The van der Waals surface area contributed by atoms with E-state index in [1.807, 2.05) is 6.07 Å². The molecule has 0 saturated carbocycles. The number of nitrogens with zero attached hydrogens (tertiary/aromatic N) is 1. The van der Waals surface area contributed by atoms with Gasteiger partial charge in [-0.1, -0.05) is 0 Å². The fraction of sp³-hybridized carbons (Fsp3) is 0.0667. The fourth-order valence-corrected chi connectivity index (χ4v) is 2.55. The first-order valence-corrected chi connectivity index (χ1v) is 7.00. The van der Waals surface area contributed by atoms with Gasteiger partial charge in [-0.3, -0.25) is 4.79 Å². The quantitative estimate of drug-likeness (QED) is 0.564. The number of nitrogen functional groups attached to an aromatic ring is 1. The second-order valence-corrected chi connectivity index (χ2v) is 5.46. The van der Waals surface area contributed by atoms with E-state index in [0.717, 1.165) is 9.86 Å². The number of hydrogen-bond donors (Lipinski definition) is 2. The van der Waals surface area contributed by atoms with Crippen LogP contribution in [0, 0.1) is 0 Å². The number of carbonyl (C=O) groups is 1. The van der Waals surface area contributed by atoms with E-state index < -0.39 is 0 Å². The molecule has 0 spiro atoms. The largest absolute Gasteiger partial charge is 0.496 e. The zero-order valence-corrected chi connectivity index (χ0v) is 12.8. The van der Waals surface area contributed by atoms with Crippen molar-refractivity contribution < 1.29 is 9.53 Å². The number of rotatable bonds is 3. The molecule has 3 aromatic rings. The van der Waals surface area contributed by atoms with E-state index >= 15 is 0 Å². The number of ether oxygens (including phenoxy) is 1. The van der Waals surface area contributed by atoms with Gasteiger partial charge in [0.1, 0.15) is 11.4 Å². The summed E-state index contributed by atoms with van der Waals surface area (Å²) in [6, 6.07) is 6.85. The Morgan fingerprint density at radius 2 is 2.14 bits per heavy atom. The molecule has 0 radical (unpaired) electrons. The molecule has 0 atom stereocenters. The maximum absolute atomic E-state index is 12.8. The molecule has 3 rings (SSSR count). The van der Waals surface area contributed by atoms with Crippen LogP contribution in [-0.2, 0) is 0 Å². The SMILES string of the molecule is COc1ccc(N)cc1C(=O)c1c[nH]c2ncc(Br)cc12. The number of nitrogens with one attached hydrogen (secondary N) is 1. The van der Waals surface area contributed by atoms with Gasteiger partial charge in [0.2, 0.25) is 0 Å². The molecule has 0 bridgehead atoms. The molecule has 2 heterocycles. The molecule has 21 heavy (non-hydrogen) atoms. The molecule has 106 valence electrons. The second-order valence-electron chi connectivity index (χ2n) is 4.54. The number of aromatic nitrogens is 2. The minimum absolute atomic E-state index is 0.162. The lowest BCUT2D eigenvalue weighted by molar-refractivity contribution is 0.103. The summed E-state index contributed by atoms with van der Waals surface area (Å²) in [6.07, 6.45) is 3.32. The Labute approximate surface area is 129 Å². The molecular weight excluding hydrogens is 334 g/mol. The van der Waals surface area contributed by atoms with Crippen LogP contribution >= 0.6 is 15.9 Å². The number of hydrogen-bond acceptors (Lipinski definition) is 4. The Balaban J connectivity index is 2.17. The van der Waals surface area contributed by atoms with Crippen LogP contribution in [0.1, 0.15) is 15.9 Å². The summed E-state index contributed by atoms with van der Waals surface area (Å²) in [6.45, 7) is 0. The van der Waals surface area contributed by atoms with E-state index in [2.05, 4.69) is 25.9 Å². The molecule has 6 heteroatoms. The number of nitrogens with two attached hydrogens (primary N) is 1. The number of benzene rings is 1. The summed E-state index contributed by atoms with van der Waals surface area (Å²) in [5.41, 5.74) is 7.90. The van der Waals surface area contributed by atoms with Crippen molar-refractivity contribution >= 4 is 38.4 Å². The van der Waals surface area contributed by atoms with Gasteiger partial charge in [-0.15, -0.1) is 0 Å². The average molecular weight is 346 g/mol. The lowest BCUT2D eigenvalue weighted by atomic mass is 10.0. The van der Waals surface area contributed by atoms with Gasteiger partial charge in [0, 0.05) is 33.5 Å². The van der Waals surface area contributed by atoms with Crippen LogP contribution in [0.4, 0.5) is 5.69 Å². The Kier molecular flexibility index (Phi) is 3.39. The lowest BCUT2D eigenvalue weighted by Crippen LogP contribution is -2.04. The maximum Gasteiger partial charge on any atom is 0.199 e. The first-order valence-electron chi connectivity index (χ1n) is 6.21. The van der Waals surface area contributed by atoms with Crippen molar-refractivity contribution in [3.05, 3.63) is 52.3 Å². The number of carbonyl (C=O) groups excluding carboxylic acids is 1. The second kappa shape index (κ2) is 5.21. The van der Waals surface area contributed by atoms with Crippen molar-refractivity contribution in [2.75, 3.05) is 12.8 Å². The maximum atomic E-state index is 12.8. The fourth-order valence-electron chi connectivity index (χ4n) is 2.21. The molecular formula is C15H12BrN3O2. The molecule has 3 N–H and O–H groups in total. The molecule has 2 aromatic heterocycles. The number of halogens is 1. The standard InChI is InChI=1S/C15H12BrN3O2/c1-21-13-3-2-9(17)5-11(13)14(20)12-7-19-15-10(12)4-8(16)6-18-15/h2-7H,17H2,1H3,(H,18,19). The number of pyridine rings is 1. The normalized spacial score (nSPS) is 10.8. The van der Waals surface area contributed by atoms with Gasteiger partial charge in [-0.25, -0.2) is 4.98 Å². The topological polar surface area (TPSA) is 81.0 Å². The third kappa shape index (κ3) is 2.38. The minimum Gasteiger partial charge on any atom is -0.496 e. The summed E-state index contributed by atoms with van der Waals surface area (Å²) in [5.74, 6) is 0.330. The van der Waals surface area contributed by atoms with E-state index in [-0.39, 0.29) is 5.78 Å². The van der Waals surface area contributed by atoms with Crippen molar-refractivity contribution in [1.29, 1.82) is 0 Å². The highest BCUT2D eigenvalue weighted by Gasteiger charge is 2.19. The number of methoxy groups -OCH3 is 1. The molecule has 0 aliphatic heterocycles. The van der Waals surface area contributed by atoms with Gasteiger partial charge in [0.05, 0.1) is 12.7 Å². The zero-order valence-electron chi connectivity index (χ0n) is 11.2. The summed E-state index contributed by atoms with van der Waals surface area (Å²) >= 11 is 3.36. The Hall–Kier alpha value is -2.34. The number of H-pyrrole nitrogens is 1. The monoisotopic (exact) mass is 345 g/mol. The summed E-state index contributed by atoms with van der Waals surface area (Å²) in [5, 5.41) is 0.749. The van der Waals surface area contributed by atoms with Crippen LogP contribution in [0.5, 0.6) is 5.75 Å². The number of anilines is 1. The van der Waals surface area contributed by atoms with Crippen LogP contribution in [0.3, 0.4) is 0 Å². The smallest absolute Gasteiger partial charge is 0.199 e. The van der Waals surface area contributed by atoms with E-state index in [1.165, 1.54) is 7.11 Å². The van der Waals surface area contributed by atoms with Crippen LogP contribution in [-0.4, -0.2) is 22.9 Å². The Morgan fingerprint density at radius 3 is 2.90 bits per heavy atom. The molecule has 1 aromatic carbocycles. The van der Waals surface area contributed by atoms with Gasteiger partial charge >= 0.3 is 0 Å². The van der Waals surface area contributed by atoms with Gasteiger partial charge in [0.25, 0.3) is 0 Å². The van der Waals surface area contributed by atoms with Gasteiger partial charge in [0.15, 0.2) is 5.78 Å². The molecule has 0 fully saturated rings. The average Bonchev–Trinajstić information content (AvgIpc) is 2.89. The third-order valence-corrected chi connectivity index (χ3v) is 3.64. The Morgan fingerprint density at radius 1 is 1.33 bits per heavy atom. The molecule has 0 amide bonds. The number of fused-ring (bicyclic) bond motifs is 1. The van der Waals surface area contributed by atoms with Gasteiger partial charge in [-0.2, -0.15) is 0 Å². The summed E-state index contributed by atoms with van der Waals surface area (Å²) in [7, 11) is 1.52. The van der Waals surface area contributed by atoms with Crippen LogP contribution in [0.15, 0.2) is 41.1 Å². The highest BCUT2D eigenvalue weighted by atomic mass is 79.9. The molecule has 0 aliphatic rings. The van der Waals surface area contributed by atoms with Crippen LogP contribution < -0.4 is 10.5 Å². The highest BCUT2D eigenvalue weighted by molar-refractivity contribution is 9.10. The van der Waals surface area contributed by atoms with E-state index in [9.17, 15) is 4.79 Å². The van der Waals surface area contributed by atoms with Crippen molar-refractivity contribution in [1.82, 2.24) is 9.97 Å². The van der Waals surface area contributed by atoms with Crippen LogP contribution in [0.25, 0.3) is 11.0 Å². The molecule has 0 saturated heterocycles. The van der Waals surface area contributed by atoms with Crippen molar-refractivity contribution in [3.8, 4) is 5.75 Å². The third-order valence-electron chi connectivity index (χ3n) is 3.21. The lowest BCUT2D eigenvalue weighted by Gasteiger charge is -2.08. The van der Waals surface area contributed by atoms with E-state index in [4.69, 9.17) is 10.5 Å². The van der Waals surface area contributed by atoms with Crippen molar-refractivity contribution in [2.45, 2.75) is 0 Å². The van der Waals surface area contributed by atoms with E-state index in [0.29, 0.717) is 28.2 Å². The predicted molar refractivity (Wildman–Crippen MR) is 84.6 cm³/mol. The molecule has 5 nitrogen and oxygen atoms in total. The van der Waals surface area contributed by atoms with Crippen LogP contribution in [0.2, 0.25) is 0 Å². The van der Waals surface area contributed by atoms with E-state index in [1.54, 1.807) is 30.6 Å². The highest BCUT2D eigenvalue weighted by Crippen LogP contribution is 2.28. The van der Waals surface area contributed by atoms with Gasteiger partial charge < -0.3 is 15.5 Å². The first-order chi connectivity index (χ1) is 10.1. The first kappa shape index (κ1) is 13.6. The summed E-state index contributed by atoms with van der Waals surface area (Å²) < 4.78 is 6.05. The molecule has 0 unspecified atom stereocenters. The van der Waals surface area contributed by atoms with Crippen molar-refractivity contribution in [3.63, 3.8) is 0 Å². The van der Waals surface area contributed by atoms with Crippen molar-refractivity contribution in [2.24, 2.45) is 0 Å². The molecule has 0 aliphatic carbocycles. The number of aromatic amines is 1.